The minimum absolute atomic E-state index is 0.0257. The first-order valence-corrected chi connectivity index (χ1v) is 8.64. The summed E-state index contributed by atoms with van der Waals surface area (Å²) in [7, 11) is 0. The topological polar surface area (TPSA) is 17.1 Å². The molecule has 0 aliphatic carbocycles. The predicted molar refractivity (Wildman–Crippen MR) is 95.1 cm³/mol. The number of hydrogen-bond acceptors (Lipinski definition) is 1. The van der Waals surface area contributed by atoms with Gasteiger partial charge in [0.05, 0.1) is 0 Å². The van der Waals surface area contributed by atoms with E-state index in [2.05, 4.69) is 66.0 Å². The summed E-state index contributed by atoms with van der Waals surface area (Å²) in [6.07, 6.45) is 0. The molecular weight excluding hydrogens is 448 g/mol. The van der Waals surface area contributed by atoms with Crippen LogP contribution in [0.2, 0.25) is 0 Å². The summed E-state index contributed by atoms with van der Waals surface area (Å²) >= 11 is 10.2. The molecule has 3 aromatic carbocycles. The van der Waals surface area contributed by atoms with Crippen LogP contribution in [-0.4, -0.2) is 9.52 Å². The lowest BCUT2D eigenvalue weighted by molar-refractivity contribution is 0.101. The molecule has 3 rings (SSSR count). The van der Waals surface area contributed by atoms with Crippen molar-refractivity contribution in [1.29, 1.82) is 0 Å². The fourth-order valence-electron chi connectivity index (χ4n) is 2.42. The van der Waals surface area contributed by atoms with E-state index in [0.717, 1.165) is 26.0 Å². The van der Waals surface area contributed by atoms with Gasteiger partial charge in [-0.2, -0.15) is 0 Å². The minimum atomic E-state index is -0.370. The maximum absolute atomic E-state index is 12.3. The quantitative estimate of drug-likeness (QED) is 0.260. The molecule has 0 saturated carbocycles. The van der Waals surface area contributed by atoms with Crippen LogP contribution in [0.15, 0.2) is 53.0 Å². The van der Waals surface area contributed by atoms with Crippen LogP contribution in [0.4, 0.5) is 0 Å². The third-order valence-corrected chi connectivity index (χ3v) is 4.80. The number of rotatable bonds is 2. The van der Waals surface area contributed by atoms with Crippen LogP contribution in [0.3, 0.4) is 0 Å². The fraction of sp³-hybridized carbons (Fsp3) is 0.0625. The van der Waals surface area contributed by atoms with Gasteiger partial charge in [0.15, 0.2) is 5.78 Å². The summed E-state index contributed by atoms with van der Waals surface area (Å²) in [5, 5.41) is 4.35. The molecule has 0 aliphatic rings. The van der Waals surface area contributed by atoms with Gasteiger partial charge >= 0.3 is 0 Å². The second-order valence-electron chi connectivity index (χ2n) is 4.47. The maximum atomic E-state index is 12.3. The number of carbonyl (C=O) groups excluding carboxylic acids is 1. The highest BCUT2D eigenvalue weighted by Crippen LogP contribution is 2.34. The van der Waals surface area contributed by atoms with E-state index >= 15 is 0 Å². The Balaban J connectivity index is 2.44. The van der Waals surface area contributed by atoms with Crippen molar-refractivity contribution in [2.24, 2.45) is 0 Å². The molecule has 20 heavy (non-hydrogen) atoms. The molecule has 0 aliphatic heterocycles. The van der Waals surface area contributed by atoms with Crippen molar-refractivity contribution >= 4 is 75.1 Å². The first-order valence-electron chi connectivity index (χ1n) is 6.02. The van der Waals surface area contributed by atoms with E-state index in [1.165, 1.54) is 0 Å². The summed E-state index contributed by atoms with van der Waals surface area (Å²) in [6, 6.07) is 16.0. The number of alkyl halides is 2. The lowest BCUT2D eigenvalue weighted by Gasteiger charge is -2.10. The number of halogens is 3. The van der Waals surface area contributed by atoms with E-state index in [-0.39, 0.29) is 9.52 Å². The SMILES string of the molecule is O=C(c1cccc2c1cc(Br)c1ccccc12)C(Br)Br. The molecule has 0 spiro atoms. The van der Waals surface area contributed by atoms with E-state index in [9.17, 15) is 4.79 Å². The molecule has 0 heterocycles. The van der Waals surface area contributed by atoms with E-state index in [1.807, 2.05) is 30.3 Å². The molecule has 0 atom stereocenters. The molecule has 0 aromatic heterocycles. The zero-order chi connectivity index (χ0) is 14.3. The van der Waals surface area contributed by atoms with E-state index in [0.29, 0.717) is 5.56 Å². The monoisotopic (exact) mass is 454 g/mol. The molecule has 0 radical (unpaired) electrons. The summed E-state index contributed by atoms with van der Waals surface area (Å²) in [6.45, 7) is 0. The highest BCUT2D eigenvalue weighted by atomic mass is 79.9. The lowest BCUT2D eigenvalue weighted by atomic mass is 9.97. The van der Waals surface area contributed by atoms with E-state index < -0.39 is 0 Å². The Morgan fingerprint density at radius 1 is 0.850 bits per heavy atom. The summed E-state index contributed by atoms with van der Waals surface area (Å²) in [4.78, 5) is 12.3. The molecule has 0 fully saturated rings. The van der Waals surface area contributed by atoms with Gasteiger partial charge in [0, 0.05) is 10.0 Å². The zero-order valence-electron chi connectivity index (χ0n) is 10.2. The van der Waals surface area contributed by atoms with Crippen LogP contribution in [0.1, 0.15) is 10.4 Å². The smallest absolute Gasteiger partial charge is 0.187 e. The fourth-order valence-corrected chi connectivity index (χ4v) is 3.49. The summed E-state index contributed by atoms with van der Waals surface area (Å²) in [5.41, 5.74) is 0.715. The van der Waals surface area contributed by atoms with Crippen LogP contribution < -0.4 is 0 Å². The zero-order valence-corrected chi connectivity index (χ0v) is 15.0. The molecule has 0 unspecified atom stereocenters. The van der Waals surface area contributed by atoms with Crippen molar-refractivity contribution in [1.82, 2.24) is 0 Å². The molecule has 3 aromatic rings. The first kappa shape index (κ1) is 14.2. The van der Waals surface area contributed by atoms with Crippen molar-refractivity contribution < 1.29 is 4.79 Å². The molecule has 1 nitrogen and oxygen atoms in total. The Bertz CT molecular complexity index is 824. The molecule has 0 amide bonds. The van der Waals surface area contributed by atoms with E-state index in [1.54, 1.807) is 0 Å². The van der Waals surface area contributed by atoms with Gasteiger partial charge in [-0.25, -0.2) is 0 Å². The van der Waals surface area contributed by atoms with Crippen LogP contribution in [0.25, 0.3) is 21.5 Å². The highest BCUT2D eigenvalue weighted by Gasteiger charge is 2.17. The number of benzene rings is 3. The Hall–Kier alpha value is -0.710. The van der Waals surface area contributed by atoms with Gasteiger partial charge in [-0.05, 0) is 27.6 Å². The van der Waals surface area contributed by atoms with Crippen LogP contribution in [0.5, 0.6) is 0 Å². The summed E-state index contributed by atoms with van der Waals surface area (Å²) < 4.78 is 0.632. The van der Waals surface area contributed by atoms with Crippen molar-refractivity contribution in [3.63, 3.8) is 0 Å². The molecule has 100 valence electrons. The van der Waals surface area contributed by atoms with Crippen molar-refractivity contribution in [2.75, 3.05) is 0 Å². The lowest BCUT2D eigenvalue weighted by Crippen LogP contribution is -2.07. The number of Topliss-reactive ketones (excluding diaryl/α,β-unsaturated/α-hetero) is 1. The van der Waals surface area contributed by atoms with Crippen LogP contribution >= 0.6 is 47.8 Å². The third kappa shape index (κ3) is 2.34. The molecule has 0 bridgehead atoms. The normalized spacial score (nSPS) is 11.4. The average molecular weight is 457 g/mol. The van der Waals surface area contributed by atoms with Gasteiger partial charge in [0.2, 0.25) is 0 Å². The number of carbonyl (C=O) groups is 1. The van der Waals surface area contributed by atoms with Gasteiger partial charge in [-0.1, -0.05) is 90.3 Å². The highest BCUT2D eigenvalue weighted by molar-refractivity contribution is 9.25. The predicted octanol–water partition coefficient (Wildman–Crippen LogP) is 6.05. The molecule has 0 saturated heterocycles. The largest absolute Gasteiger partial charge is 0.292 e. The van der Waals surface area contributed by atoms with Crippen LogP contribution in [-0.2, 0) is 0 Å². The molecule has 0 N–H and O–H groups in total. The van der Waals surface area contributed by atoms with Gasteiger partial charge in [0.1, 0.15) is 3.74 Å². The number of hydrogen-bond donors (Lipinski definition) is 0. The second-order valence-corrected chi connectivity index (χ2v) is 8.38. The van der Waals surface area contributed by atoms with Gasteiger partial charge in [-0.15, -0.1) is 0 Å². The Labute approximate surface area is 141 Å². The Morgan fingerprint density at radius 3 is 2.15 bits per heavy atom. The Morgan fingerprint density at radius 2 is 1.45 bits per heavy atom. The number of fused-ring (bicyclic) bond motifs is 3. The van der Waals surface area contributed by atoms with E-state index in [4.69, 9.17) is 0 Å². The van der Waals surface area contributed by atoms with Gasteiger partial charge in [0.25, 0.3) is 0 Å². The van der Waals surface area contributed by atoms with Crippen molar-refractivity contribution in [3.05, 3.63) is 58.6 Å². The van der Waals surface area contributed by atoms with Crippen molar-refractivity contribution in [3.8, 4) is 0 Å². The number of ketones is 1. The van der Waals surface area contributed by atoms with Crippen LogP contribution in [0, 0.1) is 0 Å². The molecule has 4 heteroatoms. The van der Waals surface area contributed by atoms with Crippen molar-refractivity contribution in [2.45, 2.75) is 3.74 Å². The molecular formula is C16H9Br3O. The average Bonchev–Trinajstić information content (AvgIpc) is 2.46. The standard InChI is InChI=1S/C16H9Br3O/c17-14-8-13-10(9-4-1-2-5-11(9)14)6-3-7-12(13)15(20)16(18)19/h1-8,16H. The van der Waals surface area contributed by atoms with Gasteiger partial charge in [-0.3, -0.25) is 4.79 Å². The third-order valence-electron chi connectivity index (χ3n) is 3.32. The van der Waals surface area contributed by atoms with Gasteiger partial charge < -0.3 is 0 Å². The Kier molecular flexibility index (Phi) is 3.98. The minimum Gasteiger partial charge on any atom is -0.292 e. The first-order chi connectivity index (χ1) is 9.59. The summed E-state index contributed by atoms with van der Waals surface area (Å²) in [5.74, 6) is 0.0257. The maximum Gasteiger partial charge on any atom is 0.187 e. The second kappa shape index (κ2) is 5.58.